The van der Waals surface area contributed by atoms with Crippen LogP contribution in [0.5, 0.6) is 0 Å². The summed E-state index contributed by atoms with van der Waals surface area (Å²) in [7, 11) is 0. The van der Waals surface area contributed by atoms with Gasteiger partial charge in [0, 0.05) is 13.0 Å². The van der Waals surface area contributed by atoms with Gasteiger partial charge in [-0.2, -0.15) is 0 Å². The van der Waals surface area contributed by atoms with Crippen molar-refractivity contribution in [2.24, 2.45) is 5.16 Å². The Morgan fingerprint density at radius 3 is 2.38 bits per heavy atom. The van der Waals surface area contributed by atoms with Crippen molar-refractivity contribution >= 4 is 5.71 Å². The summed E-state index contributed by atoms with van der Waals surface area (Å²) in [6, 6.07) is 0. The van der Waals surface area contributed by atoms with Gasteiger partial charge in [-0.05, 0) is 6.42 Å². The predicted octanol–water partition coefficient (Wildman–Crippen LogP) is 0.609. The Hall–Kier alpha value is -0.570. The number of hydrogen-bond donors (Lipinski definition) is 2. The Kier molecular flexibility index (Phi) is 4.26. The Labute approximate surface area is 48.6 Å². The highest BCUT2D eigenvalue weighted by molar-refractivity contribution is 5.83. The standard InChI is InChI=1S/C5H11NO2/c1-2-5(6-8)3-4-7/h7-8H,2-4H2,1H3/b6-5-. The highest BCUT2D eigenvalue weighted by atomic mass is 16.4. The fourth-order valence-electron chi connectivity index (χ4n) is 0.427. The summed E-state index contributed by atoms with van der Waals surface area (Å²) in [5.41, 5.74) is 0.646. The Bertz CT molecular complexity index is 80.5. The second-order valence-corrected chi connectivity index (χ2v) is 1.49. The number of oxime groups is 1. The van der Waals surface area contributed by atoms with Crippen LogP contribution in [0.3, 0.4) is 0 Å². The molecule has 0 aliphatic carbocycles. The molecule has 3 nitrogen and oxygen atoms in total. The average molecular weight is 117 g/mol. The monoisotopic (exact) mass is 117 g/mol. The van der Waals surface area contributed by atoms with Crippen LogP contribution in [0.1, 0.15) is 19.8 Å². The zero-order valence-corrected chi connectivity index (χ0v) is 4.96. The summed E-state index contributed by atoms with van der Waals surface area (Å²) in [5, 5.41) is 19.4. The van der Waals surface area contributed by atoms with E-state index in [2.05, 4.69) is 5.16 Å². The molecule has 0 atom stereocenters. The molecule has 0 aromatic heterocycles. The zero-order chi connectivity index (χ0) is 6.41. The van der Waals surface area contributed by atoms with Gasteiger partial charge in [0.15, 0.2) is 0 Å². The number of hydrogen-bond acceptors (Lipinski definition) is 3. The summed E-state index contributed by atoms with van der Waals surface area (Å²) in [5.74, 6) is 0. The van der Waals surface area contributed by atoms with Crippen molar-refractivity contribution in [2.75, 3.05) is 6.61 Å². The number of rotatable bonds is 3. The number of nitrogens with zero attached hydrogens (tertiary/aromatic N) is 1. The normalized spacial score (nSPS) is 12.0. The molecular formula is C5H11NO2. The fraction of sp³-hybridized carbons (Fsp3) is 0.800. The lowest BCUT2D eigenvalue weighted by atomic mass is 10.2. The van der Waals surface area contributed by atoms with Crippen LogP contribution in [-0.4, -0.2) is 22.6 Å². The lowest BCUT2D eigenvalue weighted by Gasteiger charge is -1.93. The third-order valence-electron chi connectivity index (χ3n) is 0.950. The van der Waals surface area contributed by atoms with Gasteiger partial charge < -0.3 is 10.3 Å². The molecule has 0 aliphatic rings. The Balaban J connectivity index is 3.38. The second kappa shape index (κ2) is 4.59. The first-order valence-electron chi connectivity index (χ1n) is 2.65. The molecule has 2 N–H and O–H groups in total. The van der Waals surface area contributed by atoms with Crippen LogP contribution in [0.2, 0.25) is 0 Å². The summed E-state index contributed by atoms with van der Waals surface area (Å²) in [6.07, 6.45) is 1.18. The van der Waals surface area contributed by atoms with Gasteiger partial charge >= 0.3 is 0 Å². The van der Waals surface area contributed by atoms with Crippen LogP contribution in [0.15, 0.2) is 5.16 Å². The topological polar surface area (TPSA) is 52.8 Å². The number of aliphatic hydroxyl groups is 1. The summed E-state index contributed by atoms with van der Waals surface area (Å²) >= 11 is 0. The van der Waals surface area contributed by atoms with E-state index >= 15 is 0 Å². The molecule has 0 saturated carbocycles. The van der Waals surface area contributed by atoms with Crippen LogP contribution < -0.4 is 0 Å². The van der Waals surface area contributed by atoms with Crippen molar-refractivity contribution in [3.05, 3.63) is 0 Å². The van der Waals surface area contributed by atoms with Crippen molar-refractivity contribution in [2.45, 2.75) is 19.8 Å². The van der Waals surface area contributed by atoms with Crippen molar-refractivity contribution in [1.82, 2.24) is 0 Å². The summed E-state index contributed by atoms with van der Waals surface area (Å²) in [6.45, 7) is 1.94. The van der Waals surface area contributed by atoms with Crippen molar-refractivity contribution < 1.29 is 10.3 Å². The van der Waals surface area contributed by atoms with E-state index in [1.807, 2.05) is 6.92 Å². The molecule has 0 heterocycles. The van der Waals surface area contributed by atoms with Gasteiger partial charge in [-0.25, -0.2) is 0 Å². The first kappa shape index (κ1) is 7.43. The van der Waals surface area contributed by atoms with Crippen molar-refractivity contribution in [1.29, 1.82) is 0 Å². The van der Waals surface area contributed by atoms with Crippen LogP contribution in [0, 0.1) is 0 Å². The quantitative estimate of drug-likeness (QED) is 0.323. The van der Waals surface area contributed by atoms with Crippen molar-refractivity contribution in [3.63, 3.8) is 0 Å². The average Bonchev–Trinajstić information content (AvgIpc) is 1.83. The van der Waals surface area contributed by atoms with Gasteiger partial charge in [-0.1, -0.05) is 12.1 Å². The Morgan fingerprint density at radius 2 is 2.25 bits per heavy atom. The summed E-state index contributed by atoms with van der Waals surface area (Å²) < 4.78 is 0. The Morgan fingerprint density at radius 1 is 1.62 bits per heavy atom. The van der Waals surface area contributed by atoms with E-state index in [1.54, 1.807) is 0 Å². The van der Waals surface area contributed by atoms with E-state index in [0.29, 0.717) is 18.6 Å². The maximum absolute atomic E-state index is 8.31. The smallest absolute Gasteiger partial charge is 0.0590 e. The van der Waals surface area contributed by atoms with Gasteiger partial charge in [0.2, 0.25) is 0 Å². The van der Waals surface area contributed by atoms with E-state index in [4.69, 9.17) is 10.3 Å². The molecule has 0 spiro atoms. The zero-order valence-electron chi connectivity index (χ0n) is 4.96. The largest absolute Gasteiger partial charge is 0.411 e. The number of aliphatic hydroxyl groups excluding tert-OH is 1. The maximum Gasteiger partial charge on any atom is 0.0590 e. The molecule has 0 amide bonds. The fourth-order valence-corrected chi connectivity index (χ4v) is 0.427. The van der Waals surface area contributed by atoms with E-state index in [0.717, 1.165) is 0 Å². The van der Waals surface area contributed by atoms with Crippen LogP contribution >= 0.6 is 0 Å². The molecular weight excluding hydrogens is 106 g/mol. The summed E-state index contributed by atoms with van der Waals surface area (Å²) in [4.78, 5) is 0. The highest BCUT2D eigenvalue weighted by Crippen LogP contribution is 1.88. The molecule has 0 fully saturated rings. The molecule has 0 saturated heterocycles. The SMILES string of the molecule is CC/C(CCO)=N/O. The molecule has 0 aliphatic heterocycles. The van der Waals surface area contributed by atoms with E-state index in [1.165, 1.54) is 0 Å². The molecule has 0 radical (unpaired) electrons. The van der Waals surface area contributed by atoms with Crippen LogP contribution in [0.4, 0.5) is 0 Å². The molecule has 0 bridgehead atoms. The first-order chi connectivity index (χ1) is 3.85. The predicted molar refractivity (Wildman–Crippen MR) is 31.2 cm³/mol. The third-order valence-corrected chi connectivity index (χ3v) is 0.950. The van der Waals surface area contributed by atoms with E-state index < -0.39 is 0 Å². The van der Waals surface area contributed by atoms with Gasteiger partial charge in [0.05, 0.1) is 5.71 Å². The van der Waals surface area contributed by atoms with Gasteiger partial charge in [0.1, 0.15) is 0 Å². The van der Waals surface area contributed by atoms with Crippen LogP contribution in [-0.2, 0) is 0 Å². The van der Waals surface area contributed by atoms with Gasteiger partial charge in [0.25, 0.3) is 0 Å². The minimum atomic E-state index is 0.0627. The van der Waals surface area contributed by atoms with Gasteiger partial charge in [-0.3, -0.25) is 0 Å². The molecule has 0 aromatic carbocycles. The highest BCUT2D eigenvalue weighted by Gasteiger charge is 1.92. The second-order valence-electron chi connectivity index (χ2n) is 1.49. The first-order valence-corrected chi connectivity index (χ1v) is 2.65. The molecule has 0 rings (SSSR count). The maximum atomic E-state index is 8.31. The lowest BCUT2D eigenvalue weighted by molar-refractivity contribution is 0.294. The molecule has 3 heteroatoms. The molecule has 0 aromatic rings. The van der Waals surface area contributed by atoms with Gasteiger partial charge in [-0.15, -0.1) is 0 Å². The lowest BCUT2D eigenvalue weighted by Crippen LogP contribution is -1.98. The minimum absolute atomic E-state index is 0.0627. The van der Waals surface area contributed by atoms with E-state index in [-0.39, 0.29) is 6.61 Å². The minimum Gasteiger partial charge on any atom is -0.411 e. The molecule has 0 unspecified atom stereocenters. The van der Waals surface area contributed by atoms with Crippen molar-refractivity contribution in [3.8, 4) is 0 Å². The van der Waals surface area contributed by atoms with E-state index in [9.17, 15) is 0 Å². The van der Waals surface area contributed by atoms with Crippen LogP contribution in [0.25, 0.3) is 0 Å². The molecule has 48 valence electrons. The molecule has 8 heavy (non-hydrogen) atoms. The third kappa shape index (κ3) is 2.58.